The molecule has 0 bridgehead atoms. The zero-order valence-corrected chi connectivity index (χ0v) is 12.0. The number of nitrogens with zero attached hydrogens (tertiary/aromatic N) is 4. The van der Waals surface area contributed by atoms with Crippen LogP contribution < -0.4 is 0 Å². The van der Waals surface area contributed by atoms with E-state index in [0.717, 1.165) is 0 Å². The van der Waals surface area contributed by atoms with Crippen molar-refractivity contribution in [2.24, 2.45) is 0 Å². The number of aryl methyl sites for hydroxylation is 1. The standard InChI is InChI=1S/C5H4BrClN2.C5H5ClN2/c6-3-5-8-2-1-4(7)9-5;1-4-7-3-2-5(6)8-4/h1-2H,3H2;2-3H,1H3. The Morgan fingerprint density at radius 2 is 1.65 bits per heavy atom. The largest absolute Gasteiger partial charge is 0.242 e. The summed E-state index contributed by atoms with van der Waals surface area (Å²) < 4.78 is 0. The third-order valence-corrected chi connectivity index (χ3v) is 2.46. The zero-order valence-electron chi connectivity index (χ0n) is 8.94. The Labute approximate surface area is 118 Å². The molecule has 0 unspecified atom stereocenters. The molecule has 0 fully saturated rings. The van der Waals surface area contributed by atoms with Gasteiger partial charge in [-0.1, -0.05) is 39.1 Å². The molecule has 0 aromatic carbocycles. The van der Waals surface area contributed by atoms with E-state index in [1.807, 2.05) is 0 Å². The van der Waals surface area contributed by atoms with Gasteiger partial charge in [0.2, 0.25) is 0 Å². The van der Waals surface area contributed by atoms with Crippen molar-refractivity contribution in [3.8, 4) is 0 Å². The van der Waals surface area contributed by atoms with Gasteiger partial charge in [0.05, 0.1) is 5.33 Å². The van der Waals surface area contributed by atoms with E-state index in [2.05, 4.69) is 35.9 Å². The molecule has 2 heterocycles. The SMILES string of the molecule is Cc1nccc(Cl)n1.Clc1ccnc(CBr)n1. The molecular weight excluding hydrogens is 327 g/mol. The third kappa shape index (κ3) is 5.91. The van der Waals surface area contributed by atoms with Gasteiger partial charge in [-0.3, -0.25) is 0 Å². The van der Waals surface area contributed by atoms with Crippen LogP contribution in [0.15, 0.2) is 24.5 Å². The maximum absolute atomic E-state index is 5.55. The molecule has 2 rings (SSSR count). The molecule has 90 valence electrons. The molecule has 0 aliphatic carbocycles. The van der Waals surface area contributed by atoms with E-state index in [1.165, 1.54) is 0 Å². The van der Waals surface area contributed by atoms with Gasteiger partial charge in [0.25, 0.3) is 0 Å². The summed E-state index contributed by atoms with van der Waals surface area (Å²) in [6.45, 7) is 1.80. The Kier molecular flexibility index (Phi) is 6.32. The highest BCUT2D eigenvalue weighted by atomic mass is 79.9. The number of hydrogen-bond acceptors (Lipinski definition) is 4. The van der Waals surface area contributed by atoms with Crippen molar-refractivity contribution in [1.82, 2.24) is 19.9 Å². The van der Waals surface area contributed by atoms with Gasteiger partial charge in [0.15, 0.2) is 0 Å². The van der Waals surface area contributed by atoms with E-state index in [1.54, 1.807) is 31.5 Å². The first-order valence-corrected chi connectivity index (χ1v) is 6.48. The molecule has 0 spiro atoms. The van der Waals surface area contributed by atoms with Crippen molar-refractivity contribution < 1.29 is 0 Å². The van der Waals surface area contributed by atoms with Crippen molar-refractivity contribution in [3.63, 3.8) is 0 Å². The second kappa shape index (κ2) is 7.53. The van der Waals surface area contributed by atoms with Gasteiger partial charge in [-0.05, 0) is 19.1 Å². The summed E-state index contributed by atoms with van der Waals surface area (Å²) in [5.41, 5.74) is 0. The van der Waals surface area contributed by atoms with E-state index in [9.17, 15) is 0 Å². The van der Waals surface area contributed by atoms with Crippen LogP contribution in [-0.2, 0) is 5.33 Å². The molecule has 7 heteroatoms. The molecule has 0 saturated carbocycles. The molecule has 0 amide bonds. The van der Waals surface area contributed by atoms with Gasteiger partial charge in [0, 0.05) is 12.4 Å². The lowest BCUT2D eigenvalue weighted by molar-refractivity contribution is 1.04. The molecular formula is C10H9BrCl2N4. The van der Waals surface area contributed by atoms with E-state index < -0.39 is 0 Å². The smallest absolute Gasteiger partial charge is 0.140 e. The third-order valence-electron chi connectivity index (χ3n) is 1.53. The first-order valence-electron chi connectivity index (χ1n) is 4.60. The van der Waals surface area contributed by atoms with Gasteiger partial charge in [-0.2, -0.15) is 0 Å². The van der Waals surface area contributed by atoms with Gasteiger partial charge < -0.3 is 0 Å². The van der Waals surface area contributed by atoms with Crippen molar-refractivity contribution >= 4 is 39.1 Å². The lowest BCUT2D eigenvalue weighted by Gasteiger charge is -1.90. The van der Waals surface area contributed by atoms with Crippen LogP contribution in [0.1, 0.15) is 11.6 Å². The van der Waals surface area contributed by atoms with E-state index >= 15 is 0 Å². The summed E-state index contributed by atoms with van der Waals surface area (Å²) in [5, 5.41) is 1.63. The van der Waals surface area contributed by atoms with Crippen LogP contribution >= 0.6 is 39.1 Å². The minimum atomic E-state index is 0.486. The molecule has 0 aliphatic heterocycles. The summed E-state index contributed by atoms with van der Waals surface area (Å²) in [5.74, 6) is 1.42. The van der Waals surface area contributed by atoms with Crippen LogP contribution in [0.25, 0.3) is 0 Å². The highest BCUT2D eigenvalue weighted by molar-refractivity contribution is 9.08. The van der Waals surface area contributed by atoms with Crippen molar-refractivity contribution in [3.05, 3.63) is 46.5 Å². The minimum absolute atomic E-state index is 0.486. The Morgan fingerprint density at radius 1 is 1.06 bits per heavy atom. The predicted molar refractivity (Wildman–Crippen MR) is 71.5 cm³/mol. The molecule has 2 aromatic rings. The number of rotatable bonds is 1. The molecule has 0 N–H and O–H groups in total. The van der Waals surface area contributed by atoms with Crippen molar-refractivity contribution in [2.45, 2.75) is 12.3 Å². The maximum Gasteiger partial charge on any atom is 0.140 e. The summed E-state index contributed by atoms with van der Waals surface area (Å²) in [6.07, 6.45) is 3.26. The van der Waals surface area contributed by atoms with Crippen LogP contribution in [0.5, 0.6) is 0 Å². The number of hydrogen-bond donors (Lipinski definition) is 0. The Hall–Kier alpha value is -0.780. The average molecular weight is 336 g/mol. The molecule has 0 aliphatic rings. The van der Waals surface area contributed by atoms with E-state index in [-0.39, 0.29) is 0 Å². The monoisotopic (exact) mass is 334 g/mol. The van der Waals surface area contributed by atoms with E-state index in [4.69, 9.17) is 23.2 Å². The number of alkyl halides is 1. The van der Waals surface area contributed by atoms with Crippen LogP contribution in [0.2, 0.25) is 10.3 Å². The van der Waals surface area contributed by atoms with Gasteiger partial charge in [0.1, 0.15) is 22.0 Å². The van der Waals surface area contributed by atoms with Crippen LogP contribution in [0.3, 0.4) is 0 Å². The topological polar surface area (TPSA) is 51.6 Å². The fraction of sp³-hybridized carbons (Fsp3) is 0.200. The van der Waals surface area contributed by atoms with Gasteiger partial charge in [-0.15, -0.1) is 0 Å². The molecule has 0 saturated heterocycles. The lowest BCUT2D eigenvalue weighted by atomic mass is 10.6. The Bertz CT molecular complexity index is 464. The second-order valence-corrected chi connectivity index (χ2v) is 4.19. The molecule has 17 heavy (non-hydrogen) atoms. The van der Waals surface area contributed by atoms with Gasteiger partial charge >= 0.3 is 0 Å². The predicted octanol–water partition coefficient (Wildman–Crippen LogP) is 3.46. The van der Waals surface area contributed by atoms with Crippen LogP contribution in [-0.4, -0.2) is 19.9 Å². The fourth-order valence-electron chi connectivity index (χ4n) is 0.866. The Balaban J connectivity index is 0.000000171. The highest BCUT2D eigenvalue weighted by Gasteiger charge is 1.91. The summed E-state index contributed by atoms with van der Waals surface area (Å²) in [7, 11) is 0. The molecule has 2 aromatic heterocycles. The first-order chi connectivity index (χ1) is 8.11. The zero-order chi connectivity index (χ0) is 12.7. The average Bonchev–Trinajstić information content (AvgIpc) is 2.29. The molecule has 0 radical (unpaired) electrons. The van der Waals surface area contributed by atoms with Crippen LogP contribution in [0.4, 0.5) is 0 Å². The summed E-state index contributed by atoms with van der Waals surface area (Å²) in [6, 6.07) is 3.29. The summed E-state index contributed by atoms with van der Waals surface area (Å²) in [4.78, 5) is 15.5. The van der Waals surface area contributed by atoms with Gasteiger partial charge in [-0.25, -0.2) is 19.9 Å². The number of halogens is 3. The number of aromatic nitrogens is 4. The normalized spacial score (nSPS) is 9.41. The quantitative estimate of drug-likeness (QED) is 0.591. The van der Waals surface area contributed by atoms with Crippen LogP contribution in [0, 0.1) is 6.92 Å². The second-order valence-electron chi connectivity index (χ2n) is 2.86. The highest BCUT2D eigenvalue weighted by Crippen LogP contribution is 2.04. The fourth-order valence-corrected chi connectivity index (χ4v) is 1.47. The van der Waals surface area contributed by atoms with E-state index in [0.29, 0.717) is 27.3 Å². The molecule has 4 nitrogen and oxygen atoms in total. The van der Waals surface area contributed by atoms with Crippen molar-refractivity contribution in [2.75, 3.05) is 0 Å². The molecule has 0 atom stereocenters. The Morgan fingerprint density at radius 3 is 2.00 bits per heavy atom. The maximum atomic E-state index is 5.55. The lowest BCUT2D eigenvalue weighted by Crippen LogP contribution is -1.88. The first kappa shape index (κ1) is 14.3. The minimum Gasteiger partial charge on any atom is -0.242 e. The summed E-state index contributed by atoms with van der Waals surface area (Å²) >= 11 is 14.3. The van der Waals surface area contributed by atoms with Crippen molar-refractivity contribution in [1.29, 1.82) is 0 Å².